The molecule has 0 aliphatic heterocycles. The number of hydrogen-bond acceptors (Lipinski definition) is 4. The summed E-state index contributed by atoms with van der Waals surface area (Å²) in [6, 6.07) is 5.15. The first-order valence-corrected chi connectivity index (χ1v) is 7.05. The van der Waals surface area contributed by atoms with Gasteiger partial charge in [-0.15, -0.1) is 0 Å². The highest BCUT2D eigenvalue weighted by molar-refractivity contribution is 5.96. The van der Waals surface area contributed by atoms with Crippen molar-refractivity contribution in [2.45, 2.75) is 26.8 Å². The zero-order valence-electron chi connectivity index (χ0n) is 13.1. The van der Waals surface area contributed by atoms with Crippen LogP contribution in [0, 0.1) is 0 Å². The van der Waals surface area contributed by atoms with E-state index >= 15 is 0 Å². The lowest BCUT2D eigenvalue weighted by Crippen LogP contribution is -2.40. The molecule has 0 unspecified atom stereocenters. The molecule has 0 bridgehead atoms. The van der Waals surface area contributed by atoms with E-state index in [1.165, 1.54) is 0 Å². The molecule has 0 fully saturated rings. The minimum atomic E-state index is -0.182. The van der Waals surface area contributed by atoms with Gasteiger partial charge in [0.1, 0.15) is 0 Å². The van der Waals surface area contributed by atoms with Gasteiger partial charge >= 0.3 is 0 Å². The molecule has 0 aliphatic rings. The molecule has 2 amide bonds. The fourth-order valence-electron chi connectivity index (χ4n) is 2.01. The molecule has 0 aromatic heterocycles. The standard InChI is InChI=1S/C15H24N4O2/c1-5-19(9-14(20)18-10(2)3)13-8-11(15(21)17-4)6-7-12(13)16/h6-8,10H,5,9,16H2,1-4H3,(H,17,21)(H,18,20). The Morgan fingerprint density at radius 1 is 1.33 bits per heavy atom. The average molecular weight is 292 g/mol. The molecule has 1 aromatic carbocycles. The first-order chi connectivity index (χ1) is 9.88. The maximum absolute atomic E-state index is 11.9. The summed E-state index contributed by atoms with van der Waals surface area (Å²) in [4.78, 5) is 25.5. The van der Waals surface area contributed by atoms with Crippen LogP contribution in [0.15, 0.2) is 18.2 Å². The molecule has 116 valence electrons. The summed E-state index contributed by atoms with van der Waals surface area (Å²) < 4.78 is 0. The molecular formula is C15H24N4O2. The Hall–Kier alpha value is -2.24. The van der Waals surface area contributed by atoms with Gasteiger partial charge in [0.2, 0.25) is 5.91 Å². The number of rotatable bonds is 6. The van der Waals surface area contributed by atoms with Crippen LogP contribution in [0.5, 0.6) is 0 Å². The van der Waals surface area contributed by atoms with Crippen LogP contribution < -0.4 is 21.3 Å². The molecule has 0 saturated heterocycles. The summed E-state index contributed by atoms with van der Waals surface area (Å²) in [6.45, 7) is 6.58. The molecule has 21 heavy (non-hydrogen) atoms. The second kappa shape index (κ2) is 7.52. The summed E-state index contributed by atoms with van der Waals surface area (Å²) in [5.41, 5.74) is 7.73. The number of anilines is 2. The van der Waals surface area contributed by atoms with Crippen molar-refractivity contribution in [3.8, 4) is 0 Å². The van der Waals surface area contributed by atoms with Crippen molar-refractivity contribution in [1.29, 1.82) is 0 Å². The van der Waals surface area contributed by atoms with Crippen LogP contribution in [0.3, 0.4) is 0 Å². The van der Waals surface area contributed by atoms with Gasteiger partial charge in [0.15, 0.2) is 0 Å². The lowest BCUT2D eigenvalue weighted by atomic mass is 10.1. The second-order valence-corrected chi connectivity index (χ2v) is 5.09. The Bertz CT molecular complexity index is 514. The fourth-order valence-corrected chi connectivity index (χ4v) is 2.01. The van der Waals surface area contributed by atoms with Gasteiger partial charge in [-0.1, -0.05) is 0 Å². The number of nitrogens with zero attached hydrogens (tertiary/aromatic N) is 1. The lowest BCUT2D eigenvalue weighted by Gasteiger charge is -2.25. The average Bonchev–Trinajstić information content (AvgIpc) is 2.44. The van der Waals surface area contributed by atoms with E-state index < -0.39 is 0 Å². The van der Waals surface area contributed by atoms with Crippen molar-refractivity contribution >= 4 is 23.2 Å². The minimum Gasteiger partial charge on any atom is -0.397 e. The predicted octanol–water partition coefficient (Wildman–Crippen LogP) is 0.979. The highest BCUT2D eigenvalue weighted by Gasteiger charge is 2.15. The van der Waals surface area contributed by atoms with E-state index in [0.717, 1.165) is 0 Å². The van der Waals surface area contributed by atoms with E-state index in [1.54, 1.807) is 25.2 Å². The maximum Gasteiger partial charge on any atom is 0.251 e. The van der Waals surface area contributed by atoms with Gasteiger partial charge in [0.05, 0.1) is 17.9 Å². The van der Waals surface area contributed by atoms with Crippen molar-refractivity contribution in [2.75, 3.05) is 30.8 Å². The predicted molar refractivity (Wildman–Crippen MR) is 85.4 cm³/mol. The van der Waals surface area contributed by atoms with Crippen LogP contribution in [0.4, 0.5) is 11.4 Å². The van der Waals surface area contributed by atoms with Gasteiger partial charge in [0, 0.05) is 25.2 Å². The number of nitrogens with two attached hydrogens (primary N) is 1. The third-order valence-corrected chi connectivity index (χ3v) is 3.03. The van der Waals surface area contributed by atoms with Crippen LogP contribution in [-0.2, 0) is 4.79 Å². The number of hydrogen-bond donors (Lipinski definition) is 3. The Balaban J connectivity index is 2.99. The summed E-state index contributed by atoms with van der Waals surface area (Å²) in [6.07, 6.45) is 0. The summed E-state index contributed by atoms with van der Waals surface area (Å²) >= 11 is 0. The van der Waals surface area contributed by atoms with Gasteiger partial charge in [-0.3, -0.25) is 9.59 Å². The summed E-state index contributed by atoms with van der Waals surface area (Å²) in [5.74, 6) is -0.254. The third-order valence-electron chi connectivity index (χ3n) is 3.03. The Morgan fingerprint density at radius 2 is 2.00 bits per heavy atom. The van der Waals surface area contributed by atoms with Crippen LogP contribution in [0.1, 0.15) is 31.1 Å². The van der Waals surface area contributed by atoms with Gasteiger partial charge in [-0.25, -0.2) is 0 Å². The van der Waals surface area contributed by atoms with Crippen molar-refractivity contribution in [3.05, 3.63) is 23.8 Å². The van der Waals surface area contributed by atoms with Gasteiger partial charge in [0.25, 0.3) is 5.91 Å². The van der Waals surface area contributed by atoms with Gasteiger partial charge in [-0.05, 0) is 39.0 Å². The van der Waals surface area contributed by atoms with E-state index in [1.807, 2.05) is 25.7 Å². The van der Waals surface area contributed by atoms with E-state index in [4.69, 9.17) is 5.73 Å². The zero-order valence-corrected chi connectivity index (χ0v) is 13.1. The normalized spacial score (nSPS) is 10.3. The lowest BCUT2D eigenvalue weighted by molar-refractivity contribution is -0.120. The monoisotopic (exact) mass is 292 g/mol. The molecular weight excluding hydrogens is 268 g/mol. The Morgan fingerprint density at radius 3 is 2.52 bits per heavy atom. The first kappa shape index (κ1) is 16.8. The van der Waals surface area contributed by atoms with E-state index in [9.17, 15) is 9.59 Å². The third kappa shape index (κ3) is 4.66. The molecule has 0 saturated carbocycles. The molecule has 0 aliphatic carbocycles. The topological polar surface area (TPSA) is 87.5 Å². The van der Waals surface area contributed by atoms with Crippen LogP contribution in [0.2, 0.25) is 0 Å². The maximum atomic E-state index is 11.9. The quantitative estimate of drug-likeness (QED) is 0.682. The van der Waals surface area contributed by atoms with Gasteiger partial charge < -0.3 is 21.3 Å². The van der Waals surface area contributed by atoms with Crippen LogP contribution in [-0.4, -0.2) is 38.0 Å². The fraction of sp³-hybridized carbons (Fsp3) is 0.467. The Kier molecular flexibility index (Phi) is 6.02. The molecule has 0 spiro atoms. The summed E-state index contributed by atoms with van der Waals surface area (Å²) in [7, 11) is 1.58. The molecule has 0 atom stereocenters. The van der Waals surface area contributed by atoms with Gasteiger partial charge in [-0.2, -0.15) is 0 Å². The number of amides is 2. The number of nitrogen functional groups attached to an aromatic ring is 1. The Labute approximate surface area is 125 Å². The van der Waals surface area contributed by atoms with Crippen molar-refractivity contribution < 1.29 is 9.59 Å². The largest absolute Gasteiger partial charge is 0.397 e. The number of benzene rings is 1. The highest BCUT2D eigenvalue weighted by atomic mass is 16.2. The molecule has 6 heteroatoms. The van der Waals surface area contributed by atoms with Crippen molar-refractivity contribution in [3.63, 3.8) is 0 Å². The summed E-state index contributed by atoms with van der Waals surface area (Å²) in [5, 5.41) is 5.42. The zero-order chi connectivity index (χ0) is 16.0. The minimum absolute atomic E-state index is 0.0726. The molecule has 0 heterocycles. The van der Waals surface area contributed by atoms with Crippen LogP contribution in [0.25, 0.3) is 0 Å². The highest BCUT2D eigenvalue weighted by Crippen LogP contribution is 2.24. The molecule has 4 N–H and O–H groups in total. The molecule has 1 aromatic rings. The number of likely N-dealkylation sites (N-methyl/N-ethyl adjacent to an activating group) is 1. The SMILES string of the molecule is CCN(CC(=O)NC(C)C)c1cc(C(=O)NC)ccc1N. The smallest absolute Gasteiger partial charge is 0.251 e. The first-order valence-electron chi connectivity index (χ1n) is 7.05. The number of carbonyl (C=O) groups excluding carboxylic acids is 2. The number of carbonyl (C=O) groups is 2. The van der Waals surface area contributed by atoms with E-state index in [2.05, 4.69) is 10.6 Å². The molecule has 0 radical (unpaired) electrons. The van der Waals surface area contributed by atoms with Crippen molar-refractivity contribution in [2.24, 2.45) is 0 Å². The van der Waals surface area contributed by atoms with E-state index in [-0.39, 0.29) is 24.4 Å². The molecule has 1 rings (SSSR count). The van der Waals surface area contributed by atoms with Crippen LogP contribution >= 0.6 is 0 Å². The number of nitrogens with one attached hydrogen (secondary N) is 2. The molecule has 6 nitrogen and oxygen atoms in total. The van der Waals surface area contributed by atoms with E-state index in [0.29, 0.717) is 23.5 Å². The second-order valence-electron chi connectivity index (χ2n) is 5.09. The van der Waals surface area contributed by atoms with Crippen molar-refractivity contribution in [1.82, 2.24) is 10.6 Å².